The average molecular weight is 332 g/mol. The lowest BCUT2D eigenvalue weighted by Gasteiger charge is -2.30. The fourth-order valence-corrected chi connectivity index (χ4v) is 4.18. The number of carboxylic acid groups (broad SMARTS) is 1. The molecule has 2 heterocycles. The lowest BCUT2D eigenvalue weighted by atomic mass is 9.98. The molecule has 0 unspecified atom stereocenters. The van der Waals surface area contributed by atoms with Crippen molar-refractivity contribution in [3.63, 3.8) is 0 Å². The topological polar surface area (TPSA) is 104 Å². The number of nitrogens with zero attached hydrogens (tertiary/aromatic N) is 1. The van der Waals surface area contributed by atoms with Crippen LogP contribution in [0.4, 0.5) is 0 Å². The number of aliphatic carboxylic acids is 1. The maximum Gasteiger partial charge on any atom is 0.308 e. The van der Waals surface area contributed by atoms with Crippen molar-refractivity contribution in [1.82, 2.24) is 9.62 Å². The zero-order valence-corrected chi connectivity index (χ0v) is 13.0. The van der Waals surface area contributed by atoms with Crippen LogP contribution in [0, 0.1) is 5.92 Å². The largest absolute Gasteiger partial charge is 0.481 e. The molecule has 1 aliphatic heterocycles. The summed E-state index contributed by atoms with van der Waals surface area (Å²) in [4.78, 5) is 25.2. The number of carbonyl (C=O) groups is 2. The highest BCUT2D eigenvalue weighted by Gasteiger charge is 2.29. The highest BCUT2D eigenvalue weighted by atomic mass is 32.2. The van der Waals surface area contributed by atoms with Crippen molar-refractivity contribution >= 4 is 33.2 Å². The number of hydrogen-bond acceptors (Lipinski definition) is 5. The van der Waals surface area contributed by atoms with Gasteiger partial charge in [-0.3, -0.25) is 9.59 Å². The molecule has 2 N–H and O–H groups in total. The Morgan fingerprint density at radius 3 is 2.81 bits per heavy atom. The molecule has 21 heavy (non-hydrogen) atoms. The summed E-state index contributed by atoms with van der Waals surface area (Å²) in [5.74, 6) is -1.77. The maximum absolute atomic E-state index is 12.3. The van der Waals surface area contributed by atoms with Crippen molar-refractivity contribution in [1.29, 1.82) is 0 Å². The maximum atomic E-state index is 12.3. The third kappa shape index (κ3) is 3.42. The van der Waals surface area contributed by atoms with Gasteiger partial charge in [0.25, 0.3) is 5.91 Å². The lowest BCUT2D eigenvalue weighted by Crippen LogP contribution is -2.42. The van der Waals surface area contributed by atoms with Crippen LogP contribution in [-0.4, -0.2) is 50.4 Å². The van der Waals surface area contributed by atoms with Gasteiger partial charge >= 0.3 is 5.97 Å². The molecule has 1 fully saturated rings. The Morgan fingerprint density at radius 1 is 1.48 bits per heavy atom. The predicted molar refractivity (Wildman–Crippen MR) is 76.8 cm³/mol. The lowest BCUT2D eigenvalue weighted by molar-refractivity contribution is -0.143. The Labute approximate surface area is 126 Å². The van der Waals surface area contributed by atoms with Gasteiger partial charge in [-0.2, -0.15) is 0 Å². The summed E-state index contributed by atoms with van der Waals surface area (Å²) in [5, 5.41) is 10.4. The molecule has 1 saturated heterocycles. The Bertz CT molecular complexity index is 652. The molecule has 7 nitrogen and oxygen atoms in total. The van der Waals surface area contributed by atoms with Crippen LogP contribution < -0.4 is 4.72 Å². The van der Waals surface area contributed by atoms with E-state index in [2.05, 4.69) is 4.72 Å². The summed E-state index contributed by atoms with van der Waals surface area (Å²) in [5.41, 5.74) is 0. The van der Waals surface area contributed by atoms with Crippen molar-refractivity contribution in [2.75, 3.05) is 20.1 Å². The molecular formula is C12H16N2O5S2. The van der Waals surface area contributed by atoms with Gasteiger partial charge in [-0.25, -0.2) is 13.1 Å². The third-order valence-electron chi connectivity index (χ3n) is 3.42. The molecule has 1 aromatic heterocycles. The van der Waals surface area contributed by atoms with E-state index in [1.165, 1.54) is 23.4 Å². The average Bonchev–Trinajstić information content (AvgIpc) is 2.97. The van der Waals surface area contributed by atoms with Crippen LogP contribution in [0.1, 0.15) is 22.5 Å². The Hall–Kier alpha value is -1.45. The van der Waals surface area contributed by atoms with Crippen molar-refractivity contribution in [3.8, 4) is 0 Å². The van der Waals surface area contributed by atoms with E-state index < -0.39 is 21.9 Å². The Morgan fingerprint density at radius 2 is 2.19 bits per heavy atom. The second-order valence-electron chi connectivity index (χ2n) is 4.78. The molecule has 0 bridgehead atoms. The van der Waals surface area contributed by atoms with Gasteiger partial charge in [-0.15, -0.1) is 11.3 Å². The number of thiophene rings is 1. The summed E-state index contributed by atoms with van der Waals surface area (Å²) in [6, 6.07) is 1.32. The van der Waals surface area contributed by atoms with Gasteiger partial charge in [0.05, 0.1) is 15.7 Å². The van der Waals surface area contributed by atoms with Crippen LogP contribution in [0.2, 0.25) is 0 Å². The smallest absolute Gasteiger partial charge is 0.308 e. The minimum Gasteiger partial charge on any atom is -0.481 e. The molecule has 116 valence electrons. The van der Waals surface area contributed by atoms with Crippen LogP contribution in [-0.2, 0) is 14.8 Å². The molecule has 1 amide bonds. The number of nitrogens with one attached hydrogen (secondary N) is 1. The quantitative estimate of drug-likeness (QED) is 0.840. The van der Waals surface area contributed by atoms with E-state index >= 15 is 0 Å². The van der Waals surface area contributed by atoms with E-state index in [9.17, 15) is 18.0 Å². The number of carboxylic acids is 1. The number of likely N-dealkylation sites (tertiary alicyclic amines) is 1. The van der Waals surface area contributed by atoms with Gasteiger partial charge in [0, 0.05) is 18.5 Å². The van der Waals surface area contributed by atoms with Crippen LogP contribution in [0.3, 0.4) is 0 Å². The van der Waals surface area contributed by atoms with E-state index in [1.54, 1.807) is 0 Å². The number of sulfonamides is 1. The zero-order valence-electron chi connectivity index (χ0n) is 11.4. The molecule has 2 rings (SSSR count). The van der Waals surface area contributed by atoms with Gasteiger partial charge in [-0.05, 0) is 26.0 Å². The fourth-order valence-electron chi connectivity index (χ4n) is 2.21. The molecule has 1 atom stereocenters. The first-order chi connectivity index (χ1) is 9.85. The number of hydrogen-bond donors (Lipinski definition) is 2. The minimum absolute atomic E-state index is 0.0464. The molecular weight excluding hydrogens is 316 g/mol. The van der Waals surface area contributed by atoms with Crippen molar-refractivity contribution in [2.45, 2.75) is 17.7 Å². The summed E-state index contributed by atoms with van der Waals surface area (Å²) in [7, 11) is -2.27. The molecule has 9 heteroatoms. The molecule has 1 aliphatic rings. The second kappa shape index (κ2) is 6.12. The van der Waals surface area contributed by atoms with Gasteiger partial charge in [-0.1, -0.05) is 0 Å². The molecule has 0 aromatic carbocycles. The summed E-state index contributed by atoms with van der Waals surface area (Å²) in [6.07, 6.45) is 1.19. The number of carbonyl (C=O) groups excluding carboxylic acids is 1. The normalized spacial score (nSPS) is 19.5. The molecule has 0 radical (unpaired) electrons. The Balaban J connectivity index is 2.15. The summed E-state index contributed by atoms with van der Waals surface area (Å²) in [6.45, 7) is 0.662. The van der Waals surface area contributed by atoms with Gasteiger partial charge in [0.15, 0.2) is 0 Å². The fraction of sp³-hybridized carbons (Fsp3) is 0.500. The van der Waals surface area contributed by atoms with Crippen LogP contribution in [0.15, 0.2) is 16.3 Å². The minimum atomic E-state index is -3.57. The standard InChI is InChI=1S/C12H16N2O5S2/c1-13-21(18,19)9-5-10(20-7-9)11(15)14-4-2-3-8(6-14)12(16)17/h5,7-8,13H,2-4,6H2,1H3,(H,16,17)/t8-/m0/s1. The van der Waals surface area contributed by atoms with E-state index in [0.717, 1.165) is 11.3 Å². The van der Waals surface area contributed by atoms with E-state index in [-0.39, 0.29) is 17.3 Å². The van der Waals surface area contributed by atoms with E-state index in [1.807, 2.05) is 0 Å². The summed E-state index contributed by atoms with van der Waals surface area (Å²) >= 11 is 1.05. The van der Waals surface area contributed by atoms with Crippen molar-refractivity contribution in [2.24, 2.45) is 5.92 Å². The third-order valence-corrected chi connectivity index (χ3v) is 5.88. The highest BCUT2D eigenvalue weighted by Crippen LogP contribution is 2.24. The SMILES string of the molecule is CNS(=O)(=O)c1csc(C(=O)N2CCC[C@H](C(=O)O)C2)c1. The van der Waals surface area contributed by atoms with E-state index in [0.29, 0.717) is 24.3 Å². The van der Waals surface area contributed by atoms with Crippen LogP contribution in [0.25, 0.3) is 0 Å². The zero-order chi connectivity index (χ0) is 15.6. The van der Waals surface area contributed by atoms with Gasteiger partial charge in [0.1, 0.15) is 0 Å². The Kier molecular flexibility index (Phi) is 4.64. The van der Waals surface area contributed by atoms with Crippen molar-refractivity contribution in [3.05, 3.63) is 16.3 Å². The first-order valence-electron chi connectivity index (χ1n) is 6.39. The predicted octanol–water partition coefficient (Wildman–Crippen LogP) is 0.593. The summed E-state index contributed by atoms with van der Waals surface area (Å²) < 4.78 is 25.5. The number of amides is 1. The second-order valence-corrected chi connectivity index (χ2v) is 7.58. The highest BCUT2D eigenvalue weighted by molar-refractivity contribution is 7.89. The van der Waals surface area contributed by atoms with Crippen molar-refractivity contribution < 1.29 is 23.1 Å². The monoisotopic (exact) mass is 332 g/mol. The molecule has 0 spiro atoms. The number of rotatable bonds is 4. The molecule has 0 saturated carbocycles. The molecule has 0 aliphatic carbocycles. The first-order valence-corrected chi connectivity index (χ1v) is 8.75. The van der Waals surface area contributed by atoms with E-state index in [4.69, 9.17) is 5.11 Å². The van der Waals surface area contributed by atoms with Gasteiger partial charge < -0.3 is 10.0 Å². The first kappa shape index (κ1) is 15.9. The van der Waals surface area contributed by atoms with Crippen LogP contribution in [0.5, 0.6) is 0 Å². The van der Waals surface area contributed by atoms with Crippen LogP contribution >= 0.6 is 11.3 Å². The number of piperidine rings is 1. The molecule has 1 aromatic rings. The van der Waals surface area contributed by atoms with Gasteiger partial charge in [0.2, 0.25) is 10.0 Å².